The largest absolute Gasteiger partial charge is 0.416 e. The van der Waals surface area contributed by atoms with Crippen LogP contribution in [0.3, 0.4) is 0 Å². The number of nitrogens with zero attached hydrogens (tertiary/aromatic N) is 1. The lowest BCUT2D eigenvalue weighted by Crippen LogP contribution is -2.06. The highest BCUT2D eigenvalue weighted by Crippen LogP contribution is 2.37. The fraction of sp³-hybridized carbons (Fsp3) is 0.188. The van der Waals surface area contributed by atoms with Crippen molar-refractivity contribution >= 4 is 52.6 Å². The van der Waals surface area contributed by atoms with E-state index in [2.05, 4.69) is 4.99 Å². The zero-order valence-corrected chi connectivity index (χ0v) is 15.8. The first-order chi connectivity index (χ1) is 12.3. The van der Waals surface area contributed by atoms with Gasteiger partial charge in [0.25, 0.3) is 0 Å². The van der Waals surface area contributed by atoms with Gasteiger partial charge in [-0.15, -0.1) is 0 Å². The van der Waals surface area contributed by atoms with Crippen LogP contribution in [-0.4, -0.2) is 6.21 Å². The number of halogens is 10. The van der Waals surface area contributed by atoms with Gasteiger partial charge >= 0.3 is 12.4 Å². The van der Waals surface area contributed by atoms with Crippen molar-refractivity contribution < 1.29 is 26.3 Å². The standard InChI is InChI=1S/C16H7Cl4F6N/c17-11-1-7(15(21,22)23)2-12(18)9(11)5-27-6-10-13(19)3-8(4-14(10)20)16(24,25)26/h1-5H,6H2. The number of hydrogen-bond donors (Lipinski definition) is 0. The summed E-state index contributed by atoms with van der Waals surface area (Å²) in [5, 5.41) is -1.08. The monoisotopic (exact) mass is 467 g/mol. The van der Waals surface area contributed by atoms with Gasteiger partial charge in [-0.1, -0.05) is 46.4 Å². The average Bonchev–Trinajstić information content (AvgIpc) is 2.49. The molecule has 146 valence electrons. The third-order valence-corrected chi connectivity index (χ3v) is 4.64. The van der Waals surface area contributed by atoms with Gasteiger partial charge < -0.3 is 0 Å². The molecule has 0 N–H and O–H groups in total. The lowest BCUT2D eigenvalue weighted by Gasteiger charge is -2.11. The van der Waals surface area contributed by atoms with Crippen LogP contribution in [0.25, 0.3) is 0 Å². The average molecular weight is 469 g/mol. The highest BCUT2D eigenvalue weighted by molar-refractivity contribution is 6.39. The zero-order valence-electron chi connectivity index (χ0n) is 12.8. The van der Waals surface area contributed by atoms with Gasteiger partial charge in [0, 0.05) is 27.4 Å². The van der Waals surface area contributed by atoms with Crippen LogP contribution in [0.2, 0.25) is 20.1 Å². The van der Waals surface area contributed by atoms with Crippen LogP contribution in [0.5, 0.6) is 0 Å². The first-order valence-electron chi connectivity index (χ1n) is 6.92. The number of rotatable bonds is 3. The van der Waals surface area contributed by atoms with Gasteiger partial charge in [0.1, 0.15) is 0 Å². The van der Waals surface area contributed by atoms with E-state index in [-0.39, 0.29) is 37.8 Å². The van der Waals surface area contributed by atoms with Crippen molar-refractivity contribution in [3.63, 3.8) is 0 Å². The molecule has 0 fully saturated rings. The van der Waals surface area contributed by atoms with E-state index in [1.807, 2.05) is 0 Å². The van der Waals surface area contributed by atoms with Crippen molar-refractivity contribution in [3.8, 4) is 0 Å². The van der Waals surface area contributed by atoms with Gasteiger partial charge in [0.2, 0.25) is 0 Å². The minimum atomic E-state index is -4.62. The third-order valence-electron chi connectivity index (χ3n) is 3.34. The molecule has 0 saturated carbocycles. The van der Waals surface area contributed by atoms with Crippen molar-refractivity contribution in [2.24, 2.45) is 4.99 Å². The lowest BCUT2D eigenvalue weighted by atomic mass is 10.1. The molecule has 0 spiro atoms. The Hall–Kier alpha value is -1.15. The Morgan fingerprint density at radius 1 is 0.704 bits per heavy atom. The van der Waals surface area contributed by atoms with Gasteiger partial charge in [-0.3, -0.25) is 4.99 Å². The lowest BCUT2D eigenvalue weighted by molar-refractivity contribution is -0.138. The molecular weight excluding hydrogens is 462 g/mol. The minimum Gasteiger partial charge on any atom is -0.288 e. The second kappa shape index (κ2) is 8.07. The molecule has 0 heterocycles. The number of aliphatic imine (C=N–C) groups is 1. The summed E-state index contributed by atoms with van der Waals surface area (Å²) >= 11 is 23.2. The van der Waals surface area contributed by atoms with E-state index >= 15 is 0 Å². The van der Waals surface area contributed by atoms with Crippen molar-refractivity contribution in [1.82, 2.24) is 0 Å². The SMILES string of the molecule is FC(F)(F)c1cc(Cl)c(C=NCc2c(Cl)cc(C(F)(F)F)cc2Cl)c(Cl)c1. The predicted molar refractivity (Wildman–Crippen MR) is 94.2 cm³/mol. The fourth-order valence-corrected chi connectivity index (χ4v) is 3.21. The highest BCUT2D eigenvalue weighted by atomic mass is 35.5. The van der Waals surface area contributed by atoms with Gasteiger partial charge in [0.15, 0.2) is 0 Å². The van der Waals surface area contributed by atoms with Crippen molar-refractivity contribution in [2.45, 2.75) is 18.9 Å². The van der Waals surface area contributed by atoms with Gasteiger partial charge in [-0.05, 0) is 24.3 Å². The maximum absolute atomic E-state index is 12.7. The fourth-order valence-electron chi connectivity index (χ4n) is 2.02. The number of alkyl halides is 6. The van der Waals surface area contributed by atoms with Crippen LogP contribution >= 0.6 is 46.4 Å². The number of benzene rings is 2. The van der Waals surface area contributed by atoms with Crippen LogP contribution < -0.4 is 0 Å². The summed E-state index contributed by atoms with van der Waals surface area (Å²) in [4.78, 5) is 3.91. The molecule has 0 aliphatic heterocycles. The molecule has 0 aliphatic rings. The molecule has 0 radical (unpaired) electrons. The molecule has 0 atom stereocenters. The summed E-state index contributed by atoms with van der Waals surface area (Å²) in [7, 11) is 0. The molecule has 0 bridgehead atoms. The first-order valence-corrected chi connectivity index (χ1v) is 8.43. The van der Waals surface area contributed by atoms with E-state index in [1.165, 1.54) is 0 Å². The smallest absolute Gasteiger partial charge is 0.288 e. The summed E-state index contributed by atoms with van der Waals surface area (Å²) < 4.78 is 76.2. The van der Waals surface area contributed by atoms with E-state index < -0.39 is 23.5 Å². The maximum atomic E-state index is 12.7. The second-order valence-corrected chi connectivity index (χ2v) is 6.87. The molecule has 0 aromatic heterocycles. The molecule has 0 aliphatic carbocycles. The molecule has 2 aromatic carbocycles. The minimum absolute atomic E-state index is 0.0190. The van der Waals surface area contributed by atoms with Gasteiger partial charge in [0.05, 0.1) is 27.7 Å². The molecule has 0 amide bonds. The molecule has 27 heavy (non-hydrogen) atoms. The Labute approximate surface area is 169 Å². The normalized spacial score (nSPS) is 12.8. The summed E-state index contributed by atoms with van der Waals surface area (Å²) in [5.41, 5.74) is -1.91. The quantitative estimate of drug-likeness (QED) is 0.320. The molecule has 0 saturated heterocycles. The van der Waals surface area contributed by atoms with Crippen LogP contribution in [-0.2, 0) is 18.9 Å². The molecule has 2 rings (SSSR count). The topological polar surface area (TPSA) is 12.4 Å². The summed E-state index contributed by atoms with van der Waals surface area (Å²) in [6.07, 6.45) is -8.14. The Balaban J connectivity index is 2.29. The molecule has 2 aromatic rings. The van der Waals surface area contributed by atoms with Crippen LogP contribution in [0.4, 0.5) is 26.3 Å². The van der Waals surface area contributed by atoms with Crippen LogP contribution in [0.1, 0.15) is 22.3 Å². The van der Waals surface area contributed by atoms with Crippen LogP contribution in [0.15, 0.2) is 29.3 Å². The van der Waals surface area contributed by atoms with E-state index in [9.17, 15) is 26.3 Å². The second-order valence-electron chi connectivity index (χ2n) is 5.24. The molecule has 11 heteroatoms. The third kappa shape index (κ3) is 5.44. The first kappa shape index (κ1) is 22.1. The van der Waals surface area contributed by atoms with Gasteiger partial charge in [-0.2, -0.15) is 26.3 Å². The van der Waals surface area contributed by atoms with E-state index in [4.69, 9.17) is 46.4 Å². The summed E-state index contributed by atoms with van der Waals surface area (Å²) in [5.74, 6) is 0. The van der Waals surface area contributed by atoms with Crippen molar-refractivity contribution in [2.75, 3.05) is 0 Å². The zero-order chi connectivity index (χ0) is 20.6. The van der Waals surface area contributed by atoms with Crippen molar-refractivity contribution in [3.05, 3.63) is 66.6 Å². The van der Waals surface area contributed by atoms with E-state index in [0.29, 0.717) is 24.3 Å². The summed E-state index contributed by atoms with van der Waals surface area (Å²) in [6, 6.07) is 2.78. The predicted octanol–water partition coefficient (Wildman–Crippen LogP) is 7.96. The Morgan fingerprint density at radius 3 is 1.44 bits per heavy atom. The van der Waals surface area contributed by atoms with E-state index in [1.54, 1.807) is 0 Å². The van der Waals surface area contributed by atoms with Gasteiger partial charge in [-0.25, -0.2) is 0 Å². The maximum Gasteiger partial charge on any atom is 0.416 e. The Morgan fingerprint density at radius 2 is 1.07 bits per heavy atom. The Bertz CT molecular complexity index is 843. The molecule has 0 unspecified atom stereocenters. The molecule has 1 nitrogen and oxygen atoms in total. The van der Waals surface area contributed by atoms with E-state index in [0.717, 1.165) is 6.21 Å². The highest BCUT2D eigenvalue weighted by Gasteiger charge is 2.32. The summed E-state index contributed by atoms with van der Waals surface area (Å²) in [6.45, 7) is -0.233. The Kier molecular flexibility index (Phi) is 6.62. The number of hydrogen-bond acceptors (Lipinski definition) is 1. The van der Waals surface area contributed by atoms with Crippen molar-refractivity contribution in [1.29, 1.82) is 0 Å². The van der Waals surface area contributed by atoms with Crippen LogP contribution in [0, 0.1) is 0 Å². The molecular formula is C16H7Cl4F6N.